The van der Waals surface area contributed by atoms with Crippen molar-refractivity contribution in [3.8, 4) is 11.5 Å². The van der Waals surface area contributed by atoms with Crippen molar-refractivity contribution >= 4 is 23.1 Å². The molecule has 0 aromatic heterocycles. The first-order valence-electron chi connectivity index (χ1n) is 10.9. The van der Waals surface area contributed by atoms with Crippen molar-refractivity contribution in [1.82, 2.24) is 4.90 Å². The van der Waals surface area contributed by atoms with E-state index >= 15 is 0 Å². The lowest BCUT2D eigenvalue weighted by Gasteiger charge is -2.16. The predicted molar refractivity (Wildman–Crippen MR) is 128 cm³/mol. The van der Waals surface area contributed by atoms with Gasteiger partial charge in [0.15, 0.2) is 0 Å². The summed E-state index contributed by atoms with van der Waals surface area (Å²) >= 11 is 0. The van der Waals surface area contributed by atoms with Crippen molar-refractivity contribution in [2.24, 2.45) is 0 Å². The standard InChI is InChI=1S/C27H25FN2O4/c1-17(2)34-20-14-12-19(13-15-20)29-25-24(21-9-5-7-11-23(21)33-3)26(31)30(27(25)32)16-18-8-4-6-10-22(18)28/h4-15,17,29H,16H2,1-3H3. The monoisotopic (exact) mass is 460 g/mol. The minimum atomic E-state index is -0.545. The number of carbonyl (C=O) groups is 2. The molecule has 2 amide bonds. The van der Waals surface area contributed by atoms with Crippen LogP contribution in [0.1, 0.15) is 25.0 Å². The molecule has 0 saturated heterocycles. The van der Waals surface area contributed by atoms with Gasteiger partial charge in [-0.25, -0.2) is 4.39 Å². The molecule has 4 rings (SSSR count). The van der Waals surface area contributed by atoms with E-state index in [1.807, 2.05) is 13.8 Å². The zero-order chi connectivity index (χ0) is 24.2. The normalized spacial score (nSPS) is 13.6. The largest absolute Gasteiger partial charge is 0.496 e. The first-order chi connectivity index (χ1) is 16.4. The van der Waals surface area contributed by atoms with Gasteiger partial charge in [0.25, 0.3) is 11.8 Å². The summed E-state index contributed by atoms with van der Waals surface area (Å²) in [7, 11) is 1.50. The van der Waals surface area contributed by atoms with Crippen LogP contribution in [0, 0.1) is 5.82 Å². The van der Waals surface area contributed by atoms with Crippen LogP contribution in [0.4, 0.5) is 10.1 Å². The van der Waals surface area contributed by atoms with Crippen LogP contribution in [-0.4, -0.2) is 29.9 Å². The quantitative estimate of drug-likeness (QED) is 0.479. The maximum Gasteiger partial charge on any atom is 0.278 e. The van der Waals surface area contributed by atoms with Crippen molar-refractivity contribution in [2.75, 3.05) is 12.4 Å². The Morgan fingerprint density at radius 2 is 1.59 bits per heavy atom. The van der Waals surface area contributed by atoms with Crippen LogP contribution in [0.2, 0.25) is 0 Å². The fraction of sp³-hybridized carbons (Fsp3) is 0.185. The number of para-hydroxylation sites is 1. The van der Waals surface area contributed by atoms with Crippen molar-refractivity contribution < 1.29 is 23.5 Å². The lowest BCUT2D eigenvalue weighted by molar-refractivity contribution is -0.137. The van der Waals surface area contributed by atoms with E-state index in [1.165, 1.54) is 13.2 Å². The molecule has 1 aliphatic heterocycles. The number of carbonyl (C=O) groups excluding carboxylic acids is 2. The van der Waals surface area contributed by atoms with Gasteiger partial charge < -0.3 is 14.8 Å². The van der Waals surface area contributed by atoms with E-state index in [-0.39, 0.29) is 29.5 Å². The zero-order valence-corrected chi connectivity index (χ0v) is 19.2. The number of ether oxygens (including phenoxy) is 2. The Hall–Kier alpha value is -4.13. The molecule has 1 N–H and O–H groups in total. The van der Waals surface area contributed by atoms with E-state index in [0.29, 0.717) is 22.7 Å². The summed E-state index contributed by atoms with van der Waals surface area (Å²) in [5, 5.41) is 3.09. The first-order valence-corrected chi connectivity index (χ1v) is 10.9. The number of nitrogens with zero attached hydrogens (tertiary/aromatic N) is 1. The van der Waals surface area contributed by atoms with Gasteiger partial charge in [-0.05, 0) is 50.2 Å². The number of halogens is 1. The highest BCUT2D eigenvalue weighted by atomic mass is 19.1. The van der Waals surface area contributed by atoms with E-state index in [2.05, 4.69) is 5.32 Å². The van der Waals surface area contributed by atoms with Gasteiger partial charge >= 0.3 is 0 Å². The SMILES string of the molecule is COc1ccccc1C1=C(Nc2ccc(OC(C)C)cc2)C(=O)N(Cc2ccccc2F)C1=O. The average molecular weight is 461 g/mol. The van der Waals surface area contributed by atoms with Gasteiger partial charge in [-0.3, -0.25) is 14.5 Å². The number of methoxy groups -OCH3 is 1. The number of rotatable bonds is 8. The average Bonchev–Trinajstić information content (AvgIpc) is 3.05. The summed E-state index contributed by atoms with van der Waals surface area (Å²) in [5.41, 5.74) is 1.60. The Balaban J connectivity index is 1.73. The number of imide groups is 1. The molecule has 1 heterocycles. The highest BCUT2D eigenvalue weighted by Gasteiger charge is 2.40. The second kappa shape index (κ2) is 9.79. The van der Waals surface area contributed by atoms with Crippen molar-refractivity contribution in [3.05, 3.63) is 95.4 Å². The van der Waals surface area contributed by atoms with Gasteiger partial charge in [0, 0.05) is 16.8 Å². The van der Waals surface area contributed by atoms with Crippen molar-refractivity contribution in [3.63, 3.8) is 0 Å². The molecule has 0 unspecified atom stereocenters. The van der Waals surface area contributed by atoms with Gasteiger partial charge in [-0.2, -0.15) is 0 Å². The number of nitrogens with one attached hydrogen (secondary N) is 1. The van der Waals surface area contributed by atoms with Crippen LogP contribution in [0.15, 0.2) is 78.5 Å². The van der Waals surface area contributed by atoms with Crippen LogP contribution >= 0.6 is 0 Å². The third kappa shape index (κ3) is 4.64. The number of amides is 2. The van der Waals surface area contributed by atoms with Crippen molar-refractivity contribution in [2.45, 2.75) is 26.5 Å². The molecular weight excluding hydrogens is 435 g/mol. The van der Waals surface area contributed by atoms with Gasteiger partial charge in [-0.15, -0.1) is 0 Å². The van der Waals surface area contributed by atoms with Gasteiger partial charge in [0.1, 0.15) is 23.0 Å². The molecule has 3 aromatic carbocycles. The minimum Gasteiger partial charge on any atom is -0.496 e. The highest BCUT2D eigenvalue weighted by Crippen LogP contribution is 2.36. The molecule has 6 nitrogen and oxygen atoms in total. The molecule has 1 aliphatic rings. The summed E-state index contributed by atoms with van der Waals surface area (Å²) in [6.07, 6.45) is 0.0274. The number of hydrogen-bond donors (Lipinski definition) is 1. The summed E-state index contributed by atoms with van der Waals surface area (Å²) < 4.78 is 25.4. The van der Waals surface area contributed by atoms with Crippen LogP contribution in [0.3, 0.4) is 0 Å². The van der Waals surface area contributed by atoms with E-state index < -0.39 is 17.6 Å². The smallest absolute Gasteiger partial charge is 0.278 e. The second-order valence-corrected chi connectivity index (χ2v) is 8.05. The van der Waals surface area contributed by atoms with E-state index in [9.17, 15) is 14.0 Å². The molecule has 174 valence electrons. The van der Waals surface area contributed by atoms with Gasteiger partial charge in [0.2, 0.25) is 0 Å². The number of anilines is 1. The zero-order valence-electron chi connectivity index (χ0n) is 19.2. The summed E-state index contributed by atoms with van der Waals surface area (Å²) in [6, 6.07) is 20.1. The second-order valence-electron chi connectivity index (χ2n) is 8.05. The third-order valence-electron chi connectivity index (χ3n) is 5.33. The molecule has 0 spiro atoms. The van der Waals surface area contributed by atoms with Crippen molar-refractivity contribution in [1.29, 1.82) is 0 Å². The Labute approximate surface area is 197 Å². The molecule has 0 bridgehead atoms. The molecule has 0 aliphatic carbocycles. The first kappa shape index (κ1) is 23.0. The number of benzene rings is 3. The Morgan fingerprint density at radius 3 is 2.26 bits per heavy atom. The van der Waals surface area contributed by atoms with E-state index in [4.69, 9.17) is 9.47 Å². The molecule has 0 saturated carbocycles. The maximum absolute atomic E-state index is 14.3. The maximum atomic E-state index is 14.3. The minimum absolute atomic E-state index is 0.0274. The lowest BCUT2D eigenvalue weighted by Crippen LogP contribution is -2.32. The molecule has 0 atom stereocenters. The van der Waals surface area contributed by atoms with Crippen LogP contribution in [0.25, 0.3) is 5.57 Å². The molecule has 0 fully saturated rings. The summed E-state index contributed by atoms with van der Waals surface area (Å²) in [6.45, 7) is 3.68. The molecule has 7 heteroatoms. The fourth-order valence-electron chi connectivity index (χ4n) is 3.77. The Kier molecular flexibility index (Phi) is 6.63. The third-order valence-corrected chi connectivity index (χ3v) is 5.33. The molecule has 0 radical (unpaired) electrons. The Morgan fingerprint density at radius 1 is 0.912 bits per heavy atom. The van der Waals surface area contributed by atoms with E-state index in [0.717, 1.165) is 4.90 Å². The topological polar surface area (TPSA) is 67.9 Å². The predicted octanol–water partition coefficient (Wildman–Crippen LogP) is 5.01. The summed E-state index contributed by atoms with van der Waals surface area (Å²) in [4.78, 5) is 28.0. The number of hydrogen-bond acceptors (Lipinski definition) is 5. The van der Waals surface area contributed by atoms with E-state index in [1.54, 1.807) is 66.7 Å². The molecular formula is C27H25FN2O4. The molecule has 34 heavy (non-hydrogen) atoms. The molecule has 3 aromatic rings. The van der Waals surface area contributed by atoms with Gasteiger partial charge in [-0.1, -0.05) is 36.4 Å². The van der Waals surface area contributed by atoms with Gasteiger partial charge in [0.05, 0.1) is 25.3 Å². The lowest BCUT2D eigenvalue weighted by atomic mass is 10.0. The van der Waals surface area contributed by atoms with Crippen LogP contribution in [-0.2, 0) is 16.1 Å². The highest BCUT2D eigenvalue weighted by molar-refractivity contribution is 6.36. The fourth-order valence-corrected chi connectivity index (χ4v) is 3.77. The van der Waals surface area contributed by atoms with Crippen LogP contribution in [0.5, 0.6) is 11.5 Å². The summed E-state index contributed by atoms with van der Waals surface area (Å²) in [5.74, 6) is -0.415. The Bertz CT molecular complexity index is 1250. The van der Waals surface area contributed by atoms with Crippen LogP contribution < -0.4 is 14.8 Å².